The van der Waals surface area contributed by atoms with Crippen LogP contribution >= 0.6 is 0 Å². The highest BCUT2D eigenvalue weighted by molar-refractivity contribution is 5.78. The predicted octanol–water partition coefficient (Wildman–Crippen LogP) is 0.882. The molecule has 1 atom stereocenters. The van der Waals surface area contributed by atoms with Crippen molar-refractivity contribution in [2.75, 3.05) is 33.5 Å². The van der Waals surface area contributed by atoms with Gasteiger partial charge >= 0.3 is 5.97 Å². The van der Waals surface area contributed by atoms with E-state index < -0.39 is 11.5 Å². The lowest BCUT2D eigenvalue weighted by molar-refractivity contribution is -0.145. The van der Waals surface area contributed by atoms with E-state index in [-0.39, 0.29) is 0 Å². The summed E-state index contributed by atoms with van der Waals surface area (Å²) in [4.78, 5) is 11.0. The summed E-state index contributed by atoms with van der Waals surface area (Å²) in [6, 6.07) is 0. The van der Waals surface area contributed by atoms with Crippen LogP contribution in [0.4, 0.5) is 0 Å². The van der Waals surface area contributed by atoms with Crippen LogP contribution in [0.5, 0.6) is 0 Å². The molecule has 0 aromatic carbocycles. The first kappa shape index (κ1) is 15.3. The molecule has 0 fully saturated rings. The number of hydrogen-bond donors (Lipinski definition) is 2. The summed E-state index contributed by atoms with van der Waals surface area (Å²) in [6.07, 6.45) is 1.30. The quantitative estimate of drug-likeness (QED) is 0.548. The van der Waals surface area contributed by atoms with Crippen molar-refractivity contribution in [3.8, 4) is 0 Å². The fourth-order valence-electron chi connectivity index (χ4n) is 1.34. The number of rotatable bonds is 10. The van der Waals surface area contributed by atoms with Crippen LogP contribution in [0.15, 0.2) is 0 Å². The number of hydrogen-bond acceptors (Lipinski definition) is 4. The van der Waals surface area contributed by atoms with Gasteiger partial charge in [-0.2, -0.15) is 0 Å². The van der Waals surface area contributed by atoms with E-state index in [1.165, 1.54) is 0 Å². The molecule has 0 radical (unpaired) electrons. The normalized spacial score (nSPS) is 14.7. The van der Waals surface area contributed by atoms with Gasteiger partial charge in [-0.1, -0.05) is 6.92 Å². The summed E-state index contributed by atoms with van der Waals surface area (Å²) < 4.78 is 10.2. The number of nitrogens with one attached hydrogen (secondary N) is 1. The molecule has 1 unspecified atom stereocenters. The van der Waals surface area contributed by atoms with Crippen molar-refractivity contribution in [1.82, 2.24) is 5.32 Å². The minimum atomic E-state index is -0.893. The van der Waals surface area contributed by atoms with E-state index in [9.17, 15) is 4.79 Å². The van der Waals surface area contributed by atoms with Gasteiger partial charge in [-0.25, -0.2) is 0 Å². The van der Waals surface area contributed by atoms with Gasteiger partial charge in [0.2, 0.25) is 0 Å². The van der Waals surface area contributed by atoms with Crippen molar-refractivity contribution in [1.29, 1.82) is 0 Å². The third-order valence-electron chi connectivity index (χ3n) is 2.42. The van der Waals surface area contributed by atoms with Crippen LogP contribution in [0.2, 0.25) is 0 Å². The van der Waals surface area contributed by atoms with Crippen molar-refractivity contribution < 1.29 is 19.4 Å². The molecule has 0 aromatic heterocycles. The third-order valence-corrected chi connectivity index (χ3v) is 2.42. The largest absolute Gasteiger partial charge is 0.480 e. The minimum absolute atomic E-state index is 0.444. The van der Waals surface area contributed by atoms with Crippen LogP contribution in [0, 0.1) is 0 Å². The van der Waals surface area contributed by atoms with Crippen molar-refractivity contribution >= 4 is 5.97 Å². The van der Waals surface area contributed by atoms with Gasteiger partial charge in [-0.05, 0) is 26.3 Å². The molecule has 16 heavy (non-hydrogen) atoms. The molecule has 2 N–H and O–H groups in total. The molecule has 5 nitrogen and oxygen atoms in total. The van der Waals surface area contributed by atoms with Gasteiger partial charge < -0.3 is 19.9 Å². The highest BCUT2D eigenvalue weighted by Crippen LogP contribution is 2.10. The third kappa shape index (κ3) is 6.05. The van der Waals surface area contributed by atoms with E-state index in [1.54, 1.807) is 14.0 Å². The molecule has 0 bridgehead atoms. The lowest BCUT2D eigenvalue weighted by Gasteiger charge is -2.25. The summed E-state index contributed by atoms with van der Waals surface area (Å²) in [5.41, 5.74) is -0.893. The topological polar surface area (TPSA) is 67.8 Å². The molecular formula is C11H23NO4. The number of carboxylic acids is 1. The van der Waals surface area contributed by atoms with E-state index in [2.05, 4.69) is 5.32 Å². The lowest BCUT2D eigenvalue weighted by Crippen LogP contribution is -2.50. The fraction of sp³-hybridized carbons (Fsp3) is 0.909. The molecule has 0 saturated carbocycles. The number of ether oxygens (including phenoxy) is 2. The Morgan fingerprint density at radius 3 is 2.56 bits per heavy atom. The number of methoxy groups -OCH3 is 1. The molecule has 0 saturated heterocycles. The maximum absolute atomic E-state index is 11.0. The molecular weight excluding hydrogens is 210 g/mol. The zero-order valence-corrected chi connectivity index (χ0v) is 10.4. The first-order chi connectivity index (χ1) is 7.56. The summed E-state index contributed by atoms with van der Waals surface area (Å²) in [6.45, 7) is 5.92. The van der Waals surface area contributed by atoms with Crippen LogP contribution < -0.4 is 5.32 Å². The van der Waals surface area contributed by atoms with E-state index in [0.29, 0.717) is 32.8 Å². The average Bonchev–Trinajstić information content (AvgIpc) is 2.23. The Morgan fingerprint density at radius 1 is 1.38 bits per heavy atom. The van der Waals surface area contributed by atoms with Crippen LogP contribution in [-0.4, -0.2) is 50.1 Å². The number of likely N-dealkylation sites (N-methyl/N-ethyl adjacent to an activating group) is 1. The van der Waals surface area contributed by atoms with Crippen molar-refractivity contribution in [3.63, 3.8) is 0 Å². The Bertz CT molecular complexity index is 198. The standard InChI is InChI=1S/C11H23NO4/c1-4-12-11(2,10(13)14)6-9-16-8-5-7-15-3/h12H,4-9H2,1-3H3,(H,13,14). The van der Waals surface area contributed by atoms with Crippen LogP contribution in [0.3, 0.4) is 0 Å². The molecule has 0 spiro atoms. The monoisotopic (exact) mass is 233 g/mol. The molecule has 0 aromatic rings. The van der Waals surface area contributed by atoms with Gasteiger partial charge in [0.05, 0.1) is 0 Å². The minimum Gasteiger partial charge on any atom is -0.480 e. The first-order valence-corrected chi connectivity index (χ1v) is 5.62. The summed E-state index contributed by atoms with van der Waals surface area (Å²) in [5, 5.41) is 12.0. The average molecular weight is 233 g/mol. The second kappa shape index (κ2) is 8.50. The highest BCUT2D eigenvalue weighted by atomic mass is 16.5. The summed E-state index contributed by atoms with van der Waals surface area (Å²) in [7, 11) is 1.65. The zero-order valence-electron chi connectivity index (χ0n) is 10.4. The van der Waals surface area contributed by atoms with Gasteiger partial charge in [0.15, 0.2) is 0 Å². The Balaban J connectivity index is 3.73. The van der Waals surface area contributed by atoms with E-state index in [4.69, 9.17) is 14.6 Å². The Morgan fingerprint density at radius 2 is 2.06 bits per heavy atom. The Kier molecular flexibility index (Phi) is 8.15. The van der Waals surface area contributed by atoms with E-state index in [1.807, 2.05) is 6.92 Å². The van der Waals surface area contributed by atoms with Crippen LogP contribution in [0.25, 0.3) is 0 Å². The predicted molar refractivity (Wildman–Crippen MR) is 61.6 cm³/mol. The van der Waals surface area contributed by atoms with Gasteiger partial charge in [-0.3, -0.25) is 4.79 Å². The second-order valence-corrected chi connectivity index (χ2v) is 3.88. The highest BCUT2D eigenvalue weighted by Gasteiger charge is 2.31. The summed E-state index contributed by atoms with van der Waals surface area (Å²) in [5.74, 6) is -0.838. The zero-order chi connectivity index (χ0) is 12.4. The molecule has 0 rings (SSSR count). The van der Waals surface area contributed by atoms with Gasteiger partial charge in [0, 0.05) is 26.9 Å². The molecule has 0 aliphatic carbocycles. The molecule has 96 valence electrons. The molecule has 0 aliphatic heterocycles. The molecule has 5 heteroatoms. The van der Waals surface area contributed by atoms with Crippen molar-refractivity contribution in [2.24, 2.45) is 0 Å². The molecule has 0 aliphatic rings. The van der Waals surface area contributed by atoms with Crippen LogP contribution in [0.1, 0.15) is 26.7 Å². The van der Waals surface area contributed by atoms with Gasteiger partial charge in [-0.15, -0.1) is 0 Å². The van der Waals surface area contributed by atoms with Gasteiger partial charge in [0.1, 0.15) is 5.54 Å². The summed E-state index contributed by atoms with van der Waals surface area (Å²) >= 11 is 0. The number of carboxylic acid groups (broad SMARTS) is 1. The lowest BCUT2D eigenvalue weighted by atomic mass is 9.99. The Hall–Kier alpha value is -0.650. The SMILES string of the molecule is CCNC(C)(CCOCCCOC)C(=O)O. The molecule has 0 heterocycles. The second-order valence-electron chi connectivity index (χ2n) is 3.88. The Labute approximate surface area is 97.1 Å². The van der Waals surface area contributed by atoms with Crippen molar-refractivity contribution in [3.05, 3.63) is 0 Å². The molecule has 0 amide bonds. The van der Waals surface area contributed by atoms with E-state index in [0.717, 1.165) is 6.42 Å². The number of carbonyl (C=O) groups is 1. The van der Waals surface area contributed by atoms with Crippen LogP contribution in [-0.2, 0) is 14.3 Å². The first-order valence-electron chi connectivity index (χ1n) is 5.62. The number of aliphatic carboxylic acids is 1. The maximum atomic E-state index is 11.0. The fourth-order valence-corrected chi connectivity index (χ4v) is 1.34. The van der Waals surface area contributed by atoms with Gasteiger partial charge in [0.25, 0.3) is 0 Å². The van der Waals surface area contributed by atoms with Crippen molar-refractivity contribution in [2.45, 2.75) is 32.2 Å². The smallest absolute Gasteiger partial charge is 0.323 e. The van der Waals surface area contributed by atoms with E-state index >= 15 is 0 Å². The maximum Gasteiger partial charge on any atom is 0.323 e.